The third-order valence-electron chi connectivity index (χ3n) is 6.26. The van der Waals surface area contributed by atoms with Crippen molar-refractivity contribution in [2.45, 2.75) is 31.9 Å². The van der Waals surface area contributed by atoms with Crippen LogP contribution >= 0.6 is 9.47 Å². The summed E-state index contributed by atoms with van der Waals surface area (Å²) in [5.41, 5.74) is 3.32. The standard InChI is InChI=1S/C27H28NO5P/c29-24(15-12-18-10-13-20(14-11-18)19-6-2-1-3-7-19)23(27(32)33-34)16-17-28-25(30)21-8-4-5-9-22(21)26(28)31/h1-11,13-14,23-24,29-31H,12,15-17,34H2. The molecule has 3 aromatic carbocycles. The van der Waals surface area contributed by atoms with Crippen molar-refractivity contribution in [3.05, 3.63) is 84.4 Å². The second-order valence-corrected chi connectivity index (χ2v) is 8.58. The Morgan fingerprint density at radius 3 is 1.97 bits per heavy atom. The normalized spacial score (nSPS) is 13.0. The molecular formula is C27H28NO5P. The van der Waals surface area contributed by atoms with E-state index in [9.17, 15) is 20.1 Å². The van der Waals surface area contributed by atoms with Gasteiger partial charge in [-0.3, -0.25) is 9.36 Å². The number of aliphatic hydroxyl groups excluding tert-OH is 1. The zero-order valence-corrected chi connectivity index (χ0v) is 19.8. The number of hydrogen-bond acceptors (Lipinski definition) is 5. The molecule has 3 unspecified atom stereocenters. The molecule has 0 aliphatic rings. The number of fused-ring (bicyclic) bond motifs is 1. The Labute approximate surface area is 200 Å². The number of hydrogen-bond donors (Lipinski definition) is 3. The van der Waals surface area contributed by atoms with Crippen LogP contribution in [0.2, 0.25) is 0 Å². The molecule has 6 nitrogen and oxygen atoms in total. The molecule has 0 spiro atoms. The van der Waals surface area contributed by atoms with Gasteiger partial charge in [0.25, 0.3) is 0 Å². The minimum Gasteiger partial charge on any atom is -0.494 e. The molecule has 0 saturated carbocycles. The number of nitrogens with zero attached hydrogens (tertiary/aromatic N) is 1. The number of rotatable bonds is 9. The van der Waals surface area contributed by atoms with Gasteiger partial charge < -0.3 is 19.8 Å². The summed E-state index contributed by atoms with van der Waals surface area (Å²) in [6.45, 7) is 0.152. The SMILES string of the molecule is O=C(OP)C(CCn1c(O)c2ccccc2c1O)C(O)CCc1ccc(-c2ccccc2)cc1. The maximum atomic E-state index is 12.4. The van der Waals surface area contributed by atoms with Crippen LogP contribution in [0.1, 0.15) is 18.4 Å². The van der Waals surface area contributed by atoms with E-state index < -0.39 is 18.0 Å². The van der Waals surface area contributed by atoms with E-state index in [0.29, 0.717) is 23.6 Å². The molecule has 0 saturated heterocycles. The molecule has 1 aromatic heterocycles. The molecule has 0 fully saturated rings. The van der Waals surface area contributed by atoms with E-state index in [2.05, 4.69) is 12.1 Å². The van der Waals surface area contributed by atoms with Crippen LogP contribution in [0.4, 0.5) is 0 Å². The first-order valence-electron chi connectivity index (χ1n) is 11.2. The predicted octanol–water partition coefficient (Wildman–Crippen LogP) is 5.05. The third-order valence-corrected chi connectivity index (χ3v) is 6.49. The number of aryl methyl sites for hydroxylation is 1. The van der Waals surface area contributed by atoms with E-state index in [4.69, 9.17) is 4.52 Å². The lowest BCUT2D eigenvalue weighted by molar-refractivity contribution is -0.142. The molecule has 4 rings (SSSR count). The lowest BCUT2D eigenvalue weighted by Crippen LogP contribution is -2.30. The van der Waals surface area contributed by atoms with Crippen molar-refractivity contribution < 1.29 is 24.6 Å². The topological polar surface area (TPSA) is 91.9 Å². The summed E-state index contributed by atoms with van der Waals surface area (Å²) in [5, 5.41) is 32.9. The first-order valence-corrected chi connectivity index (χ1v) is 11.7. The van der Waals surface area contributed by atoms with Crippen LogP contribution in [0, 0.1) is 5.92 Å². The highest BCUT2D eigenvalue weighted by Crippen LogP contribution is 2.36. The van der Waals surface area contributed by atoms with Crippen molar-refractivity contribution in [1.29, 1.82) is 0 Å². The van der Waals surface area contributed by atoms with E-state index in [1.54, 1.807) is 24.3 Å². The van der Waals surface area contributed by atoms with Gasteiger partial charge in [-0.1, -0.05) is 66.7 Å². The third kappa shape index (κ3) is 5.09. The van der Waals surface area contributed by atoms with Crippen LogP contribution in [0.3, 0.4) is 0 Å². The Bertz CT molecular complexity index is 1210. The molecular weight excluding hydrogens is 449 g/mol. The van der Waals surface area contributed by atoms with Gasteiger partial charge in [0, 0.05) is 17.3 Å². The maximum absolute atomic E-state index is 12.4. The Hall–Kier alpha value is -3.34. The molecule has 7 heteroatoms. The van der Waals surface area contributed by atoms with E-state index in [1.165, 1.54) is 4.57 Å². The van der Waals surface area contributed by atoms with Crippen molar-refractivity contribution in [2.75, 3.05) is 0 Å². The fourth-order valence-electron chi connectivity index (χ4n) is 4.31. The fourth-order valence-corrected chi connectivity index (χ4v) is 4.48. The quantitative estimate of drug-likeness (QED) is 0.293. The van der Waals surface area contributed by atoms with Crippen LogP contribution in [0.5, 0.6) is 11.8 Å². The van der Waals surface area contributed by atoms with E-state index in [-0.39, 0.29) is 24.7 Å². The molecule has 34 heavy (non-hydrogen) atoms. The average Bonchev–Trinajstić information content (AvgIpc) is 3.13. The molecule has 4 aromatic rings. The highest BCUT2D eigenvalue weighted by atomic mass is 31.0. The number of carbonyl (C=O) groups excluding carboxylic acids is 1. The summed E-state index contributed by atoms with van der Waals surface area (Å²) in [6.07, 6.45) is 0.237. The minimum atomic E-state index is -0.934. The Kier molecular flexibility index (Phi) is 7.51. The molecule has 0 bridgehead atoms. The summed E-state index contributed by atoms with van der Waals surface area (Å²) in [6, 6.07) is 25.2. The fraction of sp³-hybridized carbons (Fsp3) is 0.222. The number of aromatic hydroxyl groups is 2. The molecule has 0 radical (unpaired) electrons. The second-order valence-electron chi connectivity index (χ2n) is 8.35. The van der Waals surface area contributed by atoms with Crippen molar-refractivity contribution in [3.63, 3.8) is 0 Å². The van der Waals surface area contributed by atoms with Crippen molar-refractivity contribution in [1.82, 2.24) is 4.57 Å². The van der Waals surface area contributed by atoms with E-state index in [0.717, 1.165) is 16.7 Å². The zero-order chi connectivity index (χ0) is 24.1. The number of carbonyl (C=O) groups is 1. The minimum absolute atomic E-state index is 0.0703. The van der Waals surface area contributed by atoms with Crippen LogP contribution < -0.4 is 0 Å². The van der Waals surface area contributed by atoms with Gasteiger partial charge in [0.2, 0.25) is 11.8 Å². The average molecular weight is 477 g/mol. The molecule has 0 amide bonds. The summed E-state index contributed by atoms with van der Waals surface area (Å²) in [5.74, 6) is -1.49. The molecule has 3 atom stereocenters. The second kappa shape index (κ2) is 10.7. The van der Waals surface area contributed by atoms with Crippen molar-refractivity contribution >= 4 is 26.2 Å². The van der Waals surface area contributed by atoms with Gasteiger partial charge in [0.1, 0.15) is 0 Å². The Morgan fingerprint density at radius 2 is 1.38 bits per heavy atom. The summed E-state index contributed by atoms with van der Waals surface area (Å²) < 4.78 is 6.19. The van der Waals surface area contributed by atoms with Crippen LogP contribution in [0.15, 0.2) is 78.9 Å². The largest absolute Gasteiger partial charge is 0.494 e. The summed E-state index contributed by atoms with van der Waals surface area (Å²) >= 11 is 0. The summed E-state index contributed by atoms with van der Waals surface area (Å²) in [7, 11) is 1.93. The highest BCUT2D eigenvalue weighted by Gasteiger charge is 2.28. The van der Waals surface area contributed by atoms with Gasteiger partial charge >= 0.3 is 5.97 Å². The smallest absolute Gasteiger partial charge is 0.313 e. The van der Waals surface area contributed by atoms with E-state index in [1.807, 2.05) is 51.9 Å². The van der Waals surface area contributed by atoms with Crippen LogP contribution in [-0.4, -0.2) is 32.0 Å². The molecule has 0 aliphatic carbocycles. The molecule has 176 valence electrons. The van der Waals surface area contributed by atoms with Gasteiger partial charge in [-0.2, -0.15) is 0 Å². The predicted molar refractivity (Wildman–Crippen MR) is 135 cm³/mol. The molecule has 1 heterocycles. The molecule has 3 N–H and O–H groups in total. The van der Waals surface area contributed by atoms with E-state index >= 15 is 0 Å². The number of benzene rings is 3. The number of aliphatic hydroxyl groups is 1. The Balaban J connectivity index is 1.41. The Morgan fingerprint density at radius 1 is 0.824 bits per heavy atom. The first-order chi connectivity index (χ1) is 16.5. The van der Waals surface area contributed by atoms with Crippen LogP contribution in [-0.2, 0) is 22.3 Å². The van der Waals surface area contributed by atoms with Gasteiger partial charge in [-0.05, 0) is 48.1 Å². The van der Waals surface area contributed by atoms with Crippen molar-refractivity contribution in [3.8, 4) is 22.9 Å². The molecule has 0 aliphatic heterocycles. The lowest BCUT2D eigenvalue weighted by atomic mass is 9.93. The maximum Gasteiger partial charge on any atom is 0.313 e. The zero-order valence-electron chi connectivity index (χ0n) is 18.7. The lowest BCUT2D eigenvalue weighted by Gasteiger charge is -2.21. The first kappa shape index (κ1) is 23.8. The number of aromatic nitrogens is 1. The van der Waals surface area contributed by atoms with Crippen molar-refractivity contribution in [2.24, 2.45) is 5.92 Å². The van der Waals surface area contributed by atoms with Gasteiger partial charge in [-0.25, -0.2) is 0 Å². The van der Waals surface area contributed by atoms with Gasteiger partial charge in [-0.15, -0.1) is 0 Å². The van der Waals surface area contributed by atoms with Gasteiger partial charge in [0.05, 0.1) is 21.5 Å². The highest BCUT2D eigenvalue weighted by molar-refractivity contribution is 7.10. The monoisotopic (exact) mass is 477 g/mol. The van der Waals surface area contributed by atoms with Crippen LogP contribution in [0.25, 0.3) is 21.9 Å². The summed E-state index contributed by atoms with van der Waals surface area (Å²) in [4.78, 5) is 12.4. The van der Waals surface area contributed by atoms with Gasteiger partial charge in [0.15, 0.2) is 0 Å².